The topological polar surface area (TPSA) is 75.5 Å². The van der Waals surface area contributed by atoms with Crippen molar-refractivity contribution in [1.82, 2.24) is 5.43 Å². The molecule has 7 nitrogen and oxygen atoms in total. The van der Waals surface area contributed by atoms with E-state index in [1.54, 1.807) is 14.2 Å². The number of benzene rings is 2. The SMILES string of the molecule is CCC1SC(=O)NN=C1c1ccc2c(c1)CCCN2/C(=N\C1CC1)c1ccc(OC)c(OC)c1. The lowest BCUT2D eigenvalue weighted by Gasteiger charge is -2.33. The minimum absolute atomic E-state index is 0.0743. The van der Waals surface area contributed by atoms with Crippen LogP contribution >= 0.6 is 11.8 Å². The first-order valence-electron chi connectivity index (χ1n) is 11.9. The molecule has 0 spiro atoms. The number of amidine groups is 1. The van der Waals surface area contributed by atoms with Crippen LogP contribution < -0.4 is 19.8 Å². The Kier molecular flexibility index (Phi) is 6.50. The van der Waals surface area contributed by atoms with Gasteiger partial charge in [0.1, 0.15) is 5.84 Å². The third-order valence-corrected chi connectivity index (χ3v) is 7.58. The van der Waals surface area contributed by atoms with Crippen molar-refractivity contribution >= 4 is 34.2 Å². The zero-order valence-corrected chi connectivity index (χ0v) is 20.7. The highest BCUT2D eigenvalue weighted by molar-refractivity contribution is 8.14. The van der Waals surface area contributed by atoms with E-state index in [0.29, 0.717) is 17.5 Å². The average molecular weight is 479 g/mol. The van der Waals surface area contributed by atoms with Crippen LogP contribution in [-0.2, 0) is 6.42 Å². The van der Waals surface area contributed by atoms with Crippen molar-refractivity contribution in [3.63, 3.8) is 0 Å². The molecule has 1 aliphatic carbocycles. The minimum Gasteiger partial charge on any atom is -0.493 e. The summed E-state index contributed by atoms with van der Waals surface area (Å²) < 4.78 is 11.0. The molecule has 0 radical (unpaired) electrons. The lowest BCUT2D eigenvalue weighted by atomic mass is 9.95. The molecule has 1 fully saturated rings. The second-order valence-electron chi connectivity index (χ2n) is 8.76. The highest BCUT2D eigenvalue weighted by atomic mass is 32.2. The number of hydrazone groups is 1. The van der Waals surface area contributed by atoms with Gasteiger partial charge in [0.15, 0.2) is 11.5 Å². The average Bonchev–Trinajstić information content (AvgIpc) is 3.70. The van der Waals surface area contributed by atoms with E-state index in [1.165, 1.54) is 23.0 Å². The van der Waals surface area contributed by atoms with Gasteiger partial charge < -0.3 is 14.4 Å². The molecule has 3 aliphatic rings. The van der Waals surface area contributed by atoms with Gasteiger partial charge in [-0.3, -0.25) is 9.79 Å². The summed E-state index contributed by atoms with van der Waals surface area (Å²) in [7, 11) is 3.31. The van der Waals surface area contributed by atoms with Gasteiger partial charge in [0, 0.05) is 17.8 Å². The minimum atomic E-state index is -0.0874. The van der Waals surface area contributed by atoms with E-state index < -0.39 is 0 Å². The zero-order chi connectivity index (χ0) is 23.7. The lowest BCUT2D eigenvalue weighted by molar-refractivity contribution is 0.260. The Labute approximate surface area is 204 Å². The van der Waals surface area contributed by atoms with E-state index in [4.69, 9.17) is 14.5 Å². The summed E-state index contributed by atoms with van der Waals surface area (Å²) in [5.74, 6) is 2.40. The molecule has 0 saturated heterocycles. The van der Waals surface area contributed by atoms with Crippen molar-refractivity contribution in [1.29, 1.82) is 0 Å². The molecular formula is C26H30N4O3S. The van der Waals surface area contributed by atoms with Crippen LogP contribution in [0.2, 0.25) is 0 Å². The van der Waals surface area contributed by atoms with Crippen molar-refractivity contribution in [2.24, 2.45) is 10.1 Å². The van der Waals surface area contributed by atoms with E-state index in [2.05, 4.69) is 46.6 Å². The maximum absolute atomic E-state index is 11.8. The first kappa shape index (κ1) is 22.8. The molecule has 1 unspecified atom stereocenters. The predicted molar refractivity (Wildman–Crippen MR) is 138 cm³/mol. The quantitative estimate of drug-likeness (QED) is 0.467. The number of thioether (sulfide) groups is 1. The number of methoxy groups -OCH3 is 2. The molecule has 178 valence electrons. The van der Waals surface area contributed by atoms with Crippen LogP contribution in [0.4, 0.5) is 10.5 Å². The molecule has 1 saturated carbocycles. The third kappa shape index (κ3) is 4.51. The molecule has 2 aromatic carbocycles. The number of nitrogens with zero attached hydrogens (tertiary/aromatic N) is 3. The third-order valence-electron chi connectivity index (χ3n) is 6.44. The molecule has 2 heterocycles. The van der Waals surface area contributed by atoms with Crippen LogP contribution in [0.15, 0.2) is 46.5 Å². The summed E-state index contributed by atoms with van der Waals surface area (Å²) in [5, 5.41) is 4.39. The number of nitrogens with one attached hydrogen (secondary N) is 1. The van der Waals surface area contributed by atoms with Crippen molar-refractivity contribution < 1.29 is 14.3 Å². The van der Waals surface area contributed by atoms with Crippen molar-refractivity contribution in [2.45, 2.75) is 50.3 Å². The second-order valence-corrected chi connectivity index (χ2v) is 9.94. The van der Waals surface area contributed by atoms with E-state index in [1.807, 2.05) is 12.1 Å². The Balaban J connectivity index is 1.52. The number of anilines is 1. The number of ether oxygens (including phenoxy) is 2. The highest BCUT2D eigenvalue weighted by Gasteiger charge is 2.29. The molecular weight excluding hydrogens is 448 g/mol. The maximum atomic E-state index is 11.8. The number of carbonyl (C=O) groups is 1. The fraction of sp³-hybridized carbons (Fsp3) is 0.423. The lowest BCUT2D eigenvalue weighted by Crippen LogP contribution is -2.37. The number of hydrogen-bond acceptors (Lipinski definition) is 6. The fourth-order valence-electron chi connectivity index (χ4n) is 4.54. The Morgan fingerprint density at radius 1 is 1.18 bits per heavy atom. The van der Waals surface area contributed by atoms with Gasteiger partial charge in [0.2, 0.25) is 0 Å². The Morgan fingerprint density at radius 3 is 2.74 bits per heavy atom. The van der Waals surface area contributed by atoms with E-state index >= 15 is 0 Å². The molecule has 0 bridgehead atoms. The molecule has 34 heavy (non-hydrogen) atoms. The van der Waals surface area contributed by atoms with Gasteiger partial charge in [0.05, 0.1) is 31.2 Å². The van der Waals surface area contributed by atoms with Crippen LogP contribution in [0.25, 0.3) is 0 Å². The van der Waals surface area contributed by atoms with Gasteiger partial charge in [-0.05, 0) is 73.6 Å². The van der Waals surface area contributed by atoms with E-state index in [-0.39, 0.29) is 10.5 Å². The van der Waals surface area contributed by atoms with Crippen molar-refractivity contribution in [3.8, 4) is 11.5 Å². The largest absolute Gasteiger partial charge is 0.493 e. The van der Waals surface area contributed by atoms with Gasteiger partial charge in [-0.15, -0.1) is 0 Å². The molecule has 1 amide bonds. The van der Waals surface area contributed by atoms with E-state index in [0.717, 1.165) is 61.3 Å². The zero-order valence-electron chi connectivity index (χ0n) is 19.8. The van der Waals surface area contributed by atoms with Crippen LogP contribution in [0, 0.1) is 0 Å². The predicted octanol–water partition coefficient (Wildman–Crippen LogP) is 5.00. The Hall–Kier alpha value is -3.00. The van der Waals surface area contributed by atoms with Gasteiger partial charge in [-0.25, -0.2) is 5.43 Å². The molecule has 5 rings (SSSR count). The summed E-state index contributed by atoms with van der Waals surface area (Å²) in [6.45, 7) is 3.01. The Bertz CT molecular complexity index is 1160. The summed E-state index contributed by atoms with van der Waals surface area (Å²) in [4.78, 5) is 19.3. The summed E-state index contributed by atoms with van der Waals surface area (Å²) >= 11 is 1.32. The van der Waals surface area contributed by atoms with Crippen LogP contribution in [0.5, 0.6) is 11.5 Å². The van der Waals surface area contributed by atoms with Gasteiger partial charge in [0.25, 0.3) is 5.24 Å². The molecule has 1 atom stereocenters. The monoisotopic (exact) mass is 478 g/mol. The van der Waals surface area contributed by atoms with Crippen molar-refractivity contribution in [3.05, 3.63) is 53.1 Å². The molecule has 2 aliphatic heterocycles. The molecule has 8 heteroatoms. The van der Waals surface area contributed by atoms with Gasteiger partial charge >= 0.3 is 0 Å². The number of aliphatic imine (C=N–C) groups is 1. The smallest absolute Gasteiger partial charge is 0.299 e. The van der Waals surface area contributed by atoms with Crippen LogP contribution in [-0.4, -0.2) is 48.8 Å². The van der Waals surface area contributed by atoms with Crippen LogP contribution in [0.3, 0.4) is 0 Å². The van der Waals surface area contributed by atoms with Gasteiger partial charge in [-0.1, -0.05) is 24.8 Å². The molecule has 1 N–H and O–H groups in total. The molecule has 2 aromatic rings. The number of aryl methyl sites for hydroxylation is 1. The highest BCUT2D eigenvalue weighted by Crippen LogP contribution is 2.35. The number of rotatable bonds is 6. The summed E-state index contributed by atoms with van der Waals surface area (Å²) in [6, 6.07) is 13.0. The maximum Gasteiger partial charge on any atom is 0.299 e. The second kappa shape index (κ2) is 9.70. The number of hydrogen-bond donors (Lipinski definition) is 1. The number of amides is 1. The Morgan fingerprint density at radius 2 is 2.00 bits per heavy atom. The summed E-state index contributed by atoms with van der Waals surface area (Å²) in [5.41, 5.74) is 8.15. The normalized spacial score (nSPS) is 20.4. The fourth-order valence-corrected chi connectivity index (χ4v) is 5.37. The summed E-state index contributed by atoms with van der Waals surface area (Å²) in [6.07, 6.45) is 5.18. The number of fused-ring (bicyclic) bond motifs is 1. The van der Waals surface area contributed by atoms with E-state index in [9.17, 15) is 4.79 Å². The first-order chi connectivity index (χ1) is 16.6. The van der Waals surface area contributed by atoms with Crippen LogP contribution in [0.1, 0.15) is 49.3 Å². The van der Waals surface area contributed by atoms with Crippen molar-refractivity contribution in [2.75, 3.05) is 25.7 Å². The standard InChI is InChI=1S/C26H30N4O3S/c1-4-23-24(28-29-26(31)34-23)17-7-11-20-16(14-17)6-5-13-30(20)25(27-19-9-10-19)18-8-12-21(32-2)22(15-18)33-3/h7-8,11-12,14-15,19,23H,4-6,9-10,13H2,1-3H3,(H,29,31)/b27-25-. The van der Waals surface area contributed by atoms with Gasteiger partial charge in [-0.2, -0.15) is 5.10 Å². The first-order valence-corrected chi connectivity index (χ1v) is 12.7. The number of carbonyl (C=O) groups excluding carboxylic acids is 1. The molecule has 0 aromatic heterocycles.